The number of para-hydroxylation sites is 2. The molecule has 0 fully saturated rings. The van der Waals surface area contributed by atoms with Crippen molar-refractivity contribution in [3.63, 3.8) is 0 Å². The van der Waals surface area contributed by atoms with Gasteiger partial charge >= 0.3 is 0 Å². The fourth-order valence-electron chi connectivity index (χ4n) is 9.93. The molecule has 0 saturated heterocycles. The third-order valence-corrected chi connectivity index (χ3v) is 12.5. The van der Waals surface area contributed by atoms with Crippen LogP contribution in [0.25, 0.3) is 54.9 Å². The van der Waals surface area contributed by atoms with Crippen molar-refractivity contribution < 1.29 is 0 Å². The van der Waals surface area contributed by atoms with Gasteiger partial charge in [0.25, 0.3) is 5.70 Å². The van der Waals surface area contributed by atoms with E-state index < -0.39 is 5.41 Å². The molecule has 1 heterocycles. The lowest BCUT2D eigenvalue weighted by Crippen LogP contribution is -2.40. The van der Waals surface area contributed by atoms with Crippen molar-refractivity contribution in [1.82, 2.24) is 0 Å². The first-order valence-corrected chi connectivity index (χ1v) is 20.8. The van der Waals surface area contributed by atoms with Crippen LogP contribution in [-0.2, 0) is 5.41 Å². The van der Waals surface area contributed by atoms with Crippen molar-refractivity contribution in [1.29, 1.82) is 5.26 Å². The van der Waals surface area contributed by atoms with Crippen LogP contribution in [0.15, 0.2) is 230 Å². The van der Waals surface area contributed by atoms with Gasteiger partial charge in [-0.25, -0.2) is 10.1 Å². The first kappa shape index (κ1) is 36.6. The van der Waals surface area contributed by atoms with Crippen molar-refractivity contribution in [2.24, 2.45) is 0 Å². The van der Waals surface area contributed by atoms with Crippen LogP contribution in [0.2, 0.25) is 0 Å². The number of hydrogen-bond donors (Lipinski definition) is 0. The van der Waals surface area contributed by atoms with Crippen molar-refractivity contribution in [2.75, 3.05) is 4.90 Å². The van der Waals surface area contributed by atoms with E-state index in [0.717, 1.165) is 83.8 Å². The second kappa shape index (κ2) is 15.0. The van der Waals surface area contributed by atoms with Gasteiger partial charge in [-0.1, -0.05) is 182 Å². The number of nitriles is 1. The minimum atomic E-state index is -0.753. The SMILES string of the molecule is [C-]#[N+]C(C#N)=C1c2ccccc2C2(c3ccccc31)c1ccccc1N(c1cc(-c3cccc(-c4ccccc4)c3)cc(-c3cccc(-c4ccccc4)c3)c1)c1ccccc12. The van der Waals surface area contributed by atoms with E-state index in [2.05, 4.69) is 228 Å². The molecule has 9 aromatic rings. The molecule has 1 aliphatic heterocycles. The molecule has 0 N–H and O–H groups in total. The van der Waals surface area contributed by atoms with Crippen LogP contribution in [0.4, 0.5) is 17.1 Å². The van der Waals surface area contributed by atoms with E-state index in [0.29, 0.717) is 5.57 Å². The Kier molecular flexibility index (Phi) is 8.82. The van der Waals surface area contributed by atoms with Crippen LogP contribution in [0, 0.1) is 17.9 Å². The normalized spacial score (nSPS) is 12.9. The van der Waals surface area contributed by atoms with Crippen LogP contribution in [0.3, 0.4) is 0 Å². The summed E-state index contributed by atoms with van der Waals surface area (Å²) in [6.45, 7) is 8.08. The van der Waals surface area contributed by atoms with Crippen LogP contribution in [-0.4, -0.2) is 0 Å². The Hall–Kier alpha value is -8.50. The number of allylic oxidation sites excluding steroid dienone is 1. The van der Waals surface area contributed by atoms with Crippen LogP contribution in [0.1, 0.15) is 33.4 Å². The summed E-state index contributed by atoms with van der Waals surface area (Å²) in [7, 11) is 0. The molecule has 0 atom stereocenters. The zero-order valence-electron chi connectivity index (χ0n) is 33.7. The van der Waals surface area contributed by atoms with Crippen LogP contribution < -0.4 is 4.90 Å². The molecule has 2 aliphatic rings. The summed E-state index contributed by atoms with van der Waals surface area (Å²) < 4.78 is 0. The first-order chi connectivity index (χ1) is 30.7. The quantitative estimate of drug-likeness (QED) is 0.128. The molecule has 1 aliphatic carbocycles. The molecular formula is C59H37N3. The second-order valence-corrected chi connectivity index (χ2v) is 15.8. The van der Waals surface area contributed by atoms with E-state index in [1.54, 1.807) is 0 Å². The lowest BCUT2D eigenvalue weighted by molar-refractivity contribution is 0.718. The van der Waals surface area contributed by atoms with Crippen molar-refractivity contribution in [3.05, 3.63) is 275 Å². The average molecular weight is 788 g/mol. The highest BCUT2D eigenvalue weighted by Gasteiger charge is 2.51. The zero-order valence-corrected chi connectivity index (χ0v) is 33.7. The molecule has 0 radical (unpaired) electrons. The van der Waals surface area contributed by atoms with Gasteiger partial charge in [0.05, 0.1) is 29.4 Å². The molecule has 0 bridgehead atoms. The highest BCUT2D eigenvalue weighted by molar-refractivity contribution is 5.99. The fraction of sp³-hybridized carbons (Fsp3) is 0.0169. The number of fused-ring (bicyclic) bond motifs is 8. The zero-order chi connectivity index (χ0) is 41.6. The monoisotopic (exact) mass is 787 g/mol. The molecule has 3 heteroatoms. The highest BCUT2D eigenvalue weighted by Crippen LogP contribution is 2.62. The van der Waals surface area contributed by atoms with Gasteiger partial charge in [0.1, 0.15) is 0 Å². The van der Waals surface area contributed by atoms with Gasteiger partial charge in [-0.2, -0.15) is 0 Å². The number of benzene rings is 9. The lowest BCUT2D eigenvalue weighted by atomic mass is 9.57. The topological polar surface area (TPSA) is 31.4 Å². The van der Waals surface area contributed by atoms with Gasteiger partial charge in [0, 0.05) is 11.3 Å². The predicted octanol–water partition coefficient (Wildman–Crippen LogP) is 15.0. The number of anilines is 3. The van der Waals surface area contributed by atoms with Crippen LogP contribution >= 0.6 is 0 Å². The van der Waals surface area contributed by atoms with Gasteiger partial charge in [-0.3, -0.25) is 0 Å². The smallest absolute Gasteiger partial charge is 0.270 e. The van der Waals surface area contributed by atoms with E-state index in [1.807, 2.05) is 12.1 Å². The third kappa shape index (κ3) is 5.72. The van der Waals surface area contributed by atoms with Gasteiger partial charge in [-0.05, 0) is 120 Å². The molecular weight excluding hydrogens is 751 g/mol. The minimum absolute atomic E-state index is 0.0933. The maximum atomic E-state index is 10.3. The van der Waals surface area contributed by atoms with E-state index in [9.17, 15) is 5.26 Å². The maximum absolute atomic E-state index is 10.3. The molecule has 0 amide bonds. The summed E-state index contributed by atoms with van der Waals surface area (Å²) in [6, 6.07) is 82.3. The predicted molar refractivity (Wildman–Crippen MR) is 253 cm³/mol. The van der Waals surface area contributed by atoms with E-state index in [-0.39, 0.29) is 5.70 Å². The Morgan fingerprint density at radius 3 is 1.23 bits per heavy atom. The molecule has 62 heavy (non-hydrogen) atoms. The van der Waals surface area contributed by atoms with Crippen LogP contribution in [0.5, 0.6) is 0 Å². The van der Waals surface area contributed by atoms with Gasteiger partial charge in [0.2, 0.25) is 0 Å². The summed E-state index contributed by atoms with van der Waals surface area (Å²) >= 11 is 0. The summed E-state index contributed by atoms with van der Waals surface area (Å²) in [6.07, 6.45) is 0. The molecule has 11 rings (SSSR count). The Morgan fingerprint density at radius 1 is 0.403 bits per heavy atom. The van der Waals surface area contributed by atoms with Gasteiger partial charge in [-0.15, -0.1) is 0 Å². The molecule has 3 nitrogen and oxygen atoms in total. The van der Waals surface area contributed by atoms with E-state index in [1.165, 1.54) is 11.1 Å². The molecule has 9 aromatic carbocycles. The molecule has 1 spiro atoms. The van der Waals surface area contributed by atoms with Gasteiger partial charge in [0.15, 0.2) is 0 Å². The molecule has 288 valence electrons. The van der Waals surface area contributed by atoms with Crippen molar-refractivity contribution in [2.45, 2.75) is 5.41 Å². The highest BCUT2D eigenvalue weighted by atomic mass is 15.2. The second-order valence-electron chi connectivity index (χ2n) is 15.8. The Morgan fingerprint density at radius 2 is 0.774 bits per heavy atom. The van der Waals surface area contributed by atoms with E-state index in [4.69, 9.17) is 6.57 Å². The summed E-state index contributed by atoms with van der Waals surface area (Å²) in [5.41, 5.74) is 18.5. The number of rotatable bonds is 5. The third-order valence-electron chi connectivity index (χ3n) is 12.5. The Balaban J connectivity index is 1.18. The van der Waals surface area contributed by atoms with Gasteiger partial charge < -0.3 is 4.90 Å². The fourth-order valence-corrected chi connectivity index (χ4v) is 9.93. The van der Waals surface area contributed by atoms with E-state index >= 15 is 0 Å². The first-order valence-electron chi connectivity index (χ1n) is 20.8. The Labute approximate surface area is 362 Å². The standard InChI is InChI=1S/C59H37N3/c1-61-55(39-60)58-49-26-8-10-28-51(49)59(52-29-11-9-27-50(52)58)53-30-12-14-32-56(53)62(57-33-15-13-31-54(57)59)48-37-46(44-24-16-22-42(34-44)40-18-4-2-5-19-40)36-47(38-48)45-25-17-23-43(35-45)41-20-6-3-7-21-41/h2-38H. The Bertz CT molecular complexity index is 3110. The van der Waals surface area contributed by atoms with Crippen molar-refractivity contribution >= 4 is 22.6 Å². The number of nitrogens with zero attached hydrogens (tertiary/aromatic N) is 3. The molecule has 0 saturated carbocycles. The average Bonchev–Trinajstić information content (AvgIpc) is 3.35. The maximum Gasteiger partial charge on any atom is 0.270 e. The summed E-state index contributed by atoms with van der Waals surface area (Å²) in [5.74, 6) is 0. The largest absolute Gasteiger partial charge is 0.310 e. The summed E-state index contributed by atoms with van der Waals surface area (Å²) in [5, 5.41) is 10.3. The summed E-state index contributed by atoms with van der Waals surface area (Å²) in [4.78, 5) is 6.21. The number of hydrogen-bond acceptors (Lipinski definition) is 2. The van der Waals surface area contributed by atoms with Crippen molar-refractivity contribution in [3.8, 4) is 50.6 Å². The molecule has 0 unspecified atom stereocenters. The lowest BCUT2D eigenvalue weighted by Gasteiger charge is -2.49. The molecule has 0 aromatic heterocycles. The minimum Gasteiger partial charge on any atom is -0.310 e.